The number of methoxy groups -OCH3 is 1. The topological polar surface area (TPSA) is 55.3 Å². The molecule has 0 amide bonds. The summed E-state index contributed by atoms with van der Waals surface area (Å²) in [5.41, 5.74) is 0.995. The van der Waals surface area contributed by atoms with Crippen LogP contribution >= 0.6 is 11.3 Å². The van der Waals surface area contributed by atoms with E-state index in [-0.39, 0.29) is 11.9 Å². The van der Waals surface area contributed by atoms with Gasteiger partial charge < -0.3 is 9.64 Å². The van der Waals surface area contributed by atoms with Gasteiger partial charge in [-0.3, -0.25) is 4.79 Å². The number of piperidine rings is 1. The lowest BCUT2D eigenvalue weighted by atomic mass is 9.74. The first-order chi connectivity index (χ1) is 12.5. The van der Waals surface area contributed by atoms with Crippen LogP contribution < -0.4 is 4.90 Å². The fraction of sp³-hybridized carbons (Fsp3) is 0.650. The van der Waals surface area contributed by atoms with Gasteiger partial charge in [0.2, 0.25) is 0 Å². The molecule has 26 heavy (non-hydrogen) atoms. The van der Waals surface area contributed by atoms with Crippen molar-refractivity contribution in [3.63, 3.8) is 0 Å². The van der Waals surface area contributed by atoms with Gasteiger partial charge in [0.25, 0.3) is 0 Å². The number of aromatic nitrogens is 2. The summed E-state index contributed by atoms with van der Waals surface area (Å²) in [6.45, 7) is 5.85. The standard InChI is InChI=1S/C20H27N3O2S/c1-20(2,19(24)25-3)13-7-6-10-23(11-13)17-16-14-8-4-5-9-15(14)26-18(16)22-12-21-17/h12-13H,4-11H2,1-3H3. The van der Waals surface area contributed by atoms with Crippen LogP contribution in [0.2, 0.25) is 0 Å². The van der Waals surface area contributed by atoms with Gasteiger partial charge in [-0.1, -0.05) is 0 Å². The van der Waals surface area contributed by atoms with Gasteiger partial charge in [0.05, 0.1) is 17.9 Å². The molecule has 0 radical (unpaired) electrons. The summed E-state index contributed by atoms with van der Waals surface area (Å²) >= 11 is 1.84. The van der Waals surface area contributed by atoms with Crippen LogP contribution in [0, 0.1) is 11.3 Å². The van der Waals surface area contributed by atoms with Gasteiger partial charge in [-0.15, -0.1) is 11.3 Å². The van der Waals surface area contributed by atoms with E-state index in [2.05, 4.69) is 9.88 Å². The Morgan fingerprint density at radius 1 is 1.27 bits per heavy atom. The number of esters is 1. The van der Waals surface area contributed by atoms with Crippen LogP contribution in [0.25, 0.3) is 10.2 Å². The zero-order valence-electron chi connectivity index (χ0n) is 15.9. The molecule has 0 aromatic carbocycles. The van der Waals surface area contributed by atoms with Gasteiger partial charge in [-0.2, -0.15) is 0 Å². The van der Waals surface area contributed by atoms with Gasteiger partial charge in [0.1, 0.15) is 17.0 Å². The Bertz CT molecular complexity index is 830. The first kappa shape index (κ1) is 17.7. The highest BCUT2D eigenvalue weighted by atomic mass is 32.1. The highest BCUT2D eigenvalue weighted by Crippen LogP contribution is 2.42. The van der Waals surface area contributed by atoms with Crippen molar-refractivity contribution in [2.75, 3.05) is 25.1 Å². The van der Waals surface area contributed by atoms with Gasteiger partial charge >= 0.3 is 5.97 Å². The molecule has 0 bridgehead atoms. The largest absolute Gasteiger partial charge is 0.469 e. The molecular weight excluding hydrogens is 346 g/mol. The van der Waals surface area contributed by atoms with Crippen LogP contribution in [0.1, 0.15) is 50.0 Å². The molecule has 1 aliphatic heterocycles. The van der Waals surface area contributed by atoms with E-state index in [4.69, 9.17) is 9.72 Å². The van der Waals surface area contributed by atoms with Crippen molar-refractivity contribution in [2.45, 2.75) is 52.4 Å². The number of carbonyl (C=O) groups excluding carboxylic acids is 1. The third-order valence-electron chi connectivity index (χ3n) is 6.18. The highest BCUT2D eigenvalue weighted by Gasteiger charge is 2.40. The van der Waals surface area contributed by atoms with Crippen LogP contribution in [-0.4, -0.2) is 36.1 Å². The number of aryl methyl sites for hydroxylation is 2. The summed E-state index contributed by atoms with van der Waals surface area (Å²) in [4.78, 5) is 26.5. The second kappa shape index (κ2) is 6.80. The lowest BCUT2D eigenvalue weighted by Crippen LogP contribution is -2.45. The predicted octanol–water partition coefficient (Wildman–Crippen LogP) is 3.99. The van der Waals surface area contributed by atoms with E-state index in [0.717, 1.165) is 43.0 Å². The van der Waals surface area contributed by atoms with E-state index in [9.17, 15) is 4.79 Å². The van der Waals surface area contributed by atoms with Crippen molar-refractivity contribution >= 4 is 33.3 Å². The smallest absolute Gasteiger partial charge is 0.311 e. The summed E-state index contributed by atoms with van der Waals surface area (Å²) in [6, 6.07) is 0. The van der Waals surface area contributed by atoms with Crippen molar-refractivity contribution < 1.29 is 9.53 Å². The molecule has 1 atom stereocenters. The molecule has 1 unspecified atom stereocenters. The molecule has 3 heterocycles. The Morgan fingerprint density at radius 2 is 2.08 bits per heavy atom. The SMILES string of the molecule is COC(=O)C(C)(C)C1CCCN(c2ncnc3sc4c(c23)CCCC4)C1. The zero-order valence-corrected chi connectivity index (χ0v) is 16.7. The van der Waals surface area contributed by atoms with Crippen LogP contribution in [0.5, 0.6) is 0 Å². The summed E-state index contributed by atoms with van der Waals surface area (Å²) < 4.78 is 5.06. The molecule has 2 aliphatic rings. The van der Waals surface area contributed by atoms with Crippen molar-refractivity contribution in [2.24, 2.45) is 11.3 Å². The number of hydrogen-bond acceptors (Lipinski definition) is 6. The van der Waals surface area contributed by atoms with Gasteiger partial charge in [-0.25, -0.2) is 9.97 Å². The van der Waals surface area contributed by atoms with E-state index >= 15 is 0 Å². The van der Waals surface area contributed by atoms with Gasteiger partial charge in [0.15, 0.2) is 0 Å². The molecule has 5 nitrogen and oxygen atoms in total. The monoisotopic (exact) mass is 373 g/mol. The number of carbonyl (C=O) groups is 1. The molecule has 2 aromatic heterocycles. The molecule has 4 rings (SSSR count). The summed E-state index contributed by atoms with van der Waals surface area (Å²) in [5.74, 6) is 1.22. The third kappa shape index (κ3) is 2.88. The molecule has 0 spiro atoms. The first-order valence-corrected chi connectivity index (χ1v) is 10.4. The van der Waals surface area contributed by atoms with Gasteiger partial charge in [-0.05, 0) is 63.9 Å². The fourth-order valence-corrected chi connectivity index (χ4v) is 5.73. The maximum Gasteiger partial charge on any atom is 0.311 e. The third-order valence-corrected chi connectivity index (χ3v) is 7.38. The maximum atomic E-state index is 12.3. The van der Waals surface area contributed by atoms with Crippen LogP contribution in [-0.2, 0) is 22.4 Å². The van der Waals surface area contributed by atoms with E-state index < -0.39 is 5.41 Å². The molecule has 2 aromatic rings. The first-order valence-electron chi connectivity index (χ1n) is 9.61. The summed E-state index contributed by atoms with van der Waals surface area (Å²) in [7, 11) is 1.48. The normalized spacial score (nSPS) is 20.9. The number of anilines is 1. The molecule has 1 saturated heterocycles. The minimum Gasteiger partial charge on any atom is -0.469 e. The minimum atomic E-state index is -0.479. The highest BCUT2D eigenvalue weighted by molar-refractivity contribution is 7.19. The number of rotatable bonds is 3. The van der Waals surface area contributed by atoms with E-state index in [1.54, 1.807) is 6.33 Å². The van der Waals surface area contributed by atoms with E-state index in [1.807, 2.05) is 25.2 Å². The van der Waals surface area contributed by atoms with Crippen LogP contribution in [0.3, 0.4) is 0 Å². The van der Waals surface area contributed by atoms with Crippen LogP contribution in [0.4, 0.5) is 5.82 Å². The quantitative estimate of drug-likeness (QED) is 0.762. The Kier molecular flexibility index (Phi) is 4.63. The molecule has 140 valence electrons. The molecule has 1 fully saturated rings. The molecule has 0 N–H and O–H groups in total. The summed E-state index contributed by atoms with van der Waals surface area (Å²) in [6.07, 6.45) is 8.67. The molecule has 6 heteroatoms. The lowest BCUT2D eigenvalue weighted by Gasteiger charge is -2.40. The van der Waals surface area contributed by atoms with Crippen molar-refractivity contribution in [1.82, 2.24) is 9.97 Å². The average Bonchev–Trinajstić information content (AvgIpc) is 3.06. The Balaban J connectivity index is 1.69. The van der Waals surface area contributed by atoms with Crippen molar-refractivity contribution in [3.05, 3.63) is 16.8 Å². The lowest BCUT2D eigenvalue weighted by molar-refractivity contribution is -0.154. The number of fused-ring (bicyclic) bond motifs is 3. The zero-order chi connectivity index (χ0) is 18.3. The number of hydrogen-bond donors (Lipinski definition) is 0. The Hall–Kier alpha value is -1.69. The van der Waals surface area contributed by atoms with Crippen LogP contribution in [0.15, 0.2) is 6.33 Å². The summed E-state index contributed by atoms with van der Waals surface area (Å²) in [5, 5.41) is 1.27. The molecule has 1 aliphatic carbocycles. The second-order valence-corrected chi connectivity index (χ2v) is 9.17. The second-order valence-electron chi connectivity index (χ2n) is 8.09. The fourth-order valence-electron chi connectivity index (χ4n) is 4.50. The molecular formula is C20H27N3O2S. The Labute approximate surface area is 158 Å². The number of nitrogens with zero attached hydrogens (tertiary/aromatic N) is 3. The van der Waals surface area contributed by atoms with E-state index in [1.165, 1.54) is 42.2 Å². The Morgan fingerprint density at radius 3 is 2.88 bits per heavy atom. The number of ether oxygens (including phenoxy) is 1. The molecule has 0 saturated carbocycles. The van der Waals surface area contributed by atoms with Crippen molar-refractivity contribution in [3.8, 4) is 0 Å². The number of thiophene rings is 1. The van der Waals surface area contributed by atoms with E-state index in [0.29, 0.717) is 0 Å². The van der Waals surface area contributed by atoms with Gasteiger partial charge in [0, 0.05) is 18.0 Å². The predicted molar refractivity (Wildman–Crippen MR) is 105 cm³/mol. The minimum absolute atomic E-state index is 0.120. The van der Waals surface area contributed by atoms with Crippen molar-refractivity contribution in [1.29, 1.82) is 0 Å². The average molecular weight is 374 g/mol. The maximum absolute atomic E-state index is 12.3.